The molecule has 4 saturated carbocycles. The number of hydrogen-bond donors (Lipinski definition) is 5. The van der Waals surface area contributed by atoms with Crippen molar-refractivity contribution >= 4 is 5.97 Å². The average molecular weight is 639 g/mol. The molecule has 6 N–H and O–H groups in total. The molecule has 7 nitrogen and oxygen atoms in total. The maximum absolute atomic E-state index is 12.6. The van der Waals surface area contributed by atoms with Crippen molar-refractivity contribution in [3.63, 3.8) is 0 Å². The molecule has 5 rings (SSSR count). The SMILES string of the molecule is C[C@H](COC(=O)c1ccccc1)[C@H]1CCC2C3C(O)CC4C[C@@H](NCCCNCCCCNCCCN)CC[C@]4(C)C3CC[C@@]21C. The summed E-state index contributed by atoms with van der Waals surface area (Å²) in [7, 11) is 0. The van der Waals surface area contributed by atoms with Gasteiger partial charge in [0.05, 0.1) is 18.3 Å². The minimum atomic E-state index is -0.215. The van der Waals surface area contributed by atoms with Crippen LogP contribution in [0.3, 0.4) is 0 Å². The highest BCUT2D eigenvalue weighted by molar-refractivity contribution is 5.89. The molecule has 0 radical (unpaired) electrons. The normalized spacial score (nSPS) is 36.0. The van der Waals surface area contributed by atoms with Crippen molar-refractivity contribution in [1.82, 2.24) is 16.0 Å². The van der Waals surface area contributed by atoms with Crippen molar-refractivity contribution in [2.75, 3.05) is 45.9 Å². The van der Waals surface area contributed by atoms with E-state index in [-0.39, 0.29) is 17.5 Å². The second-order valence-corrected chi connectivity index (χ2v) is 16.1. The summed E-state index contributed by atoms with van der Waals surface area (Å²) < 4.78 is 5.82. The maximum atomic E-state index is 12.6. The Kier molecular flexibility index (Phi) is 13.0. The van der Waals surface area contributed by atoms with Gasteiger partial charge in [-0.15, -0.1) is 0 Å². The number of carbonyl (C=O) groups excluding carboxylic acids is 1. The molecule has 260 valence electrons. The Labute approximate surface area is 280 Å². The molecule has 0 spiro atoms. The van der Waals surface area contributed by atoms with E-state index in [9.17, 15) is 9.90 Å². The fourth-order valence-electron chi connectivity index (χ4n) is 10.9. The van der Waals surface area contributed by atoms with Crippen LogP contribution < -0.4 is 21.7 Å². The number of ether oxygens (including phenoxy) is 1. The molecule has 10 atom stereocenters. The number of aliphatic hydroxyl groups is 1. The molecular weight excluding hydrogens is 572 g/mol. The summed E-state index contributed by atoms with van der Waals surface area (Å²) in [5, 5.41) is 22.8. The average Bonchev–Trinajstić information content (AvgIpc) is 3.42. The van der Waals surface area contributed by atoms with Crippen LogP contribution in [0.15, 0.2) is 30.3 Å². The number of nitrogens with two attached hydrogens (primary N) is 1. The molecule has 4 aliphatic carbocycles. The second-order valence-electron chi connectivity index (χ2n) is 16.1. The molecule has 5 unspecified atom stereocenters. The van der Waals surface area contributed by atoms with Gasteiger partial charge in [0.25, 0.3) is 0 Å². The zero-order chi connectivity index (χ0) is 32.6. The lowest BCUT2D eigenvalue weighted by atomic mass is 9.43. The van der Waals surface area contributed by atoms with E-state index in [1.54, 1.807) is 0 Å². The van der Waals surface area contributed by atoms with Crippen LogP contribution in [-0.2, 0) is 4.74 Å². The van der Waals surface area contributed by atoms with Crippen LogP contribution in [0.1, 0.15) is 108 Å². The van der Waals surface area contributed by atoms with Gasteiger partial charge in [0.15, 0.2) is 0 Å². The summed E-state index contributed by atoms with van der Waals surface area (Å²) >= 11 is 0. The summed E-state index contributed by atoms with van der Waals surface area (Å²) in [4.78, 5) is 12.6. The van der Waals surface area contributed by atoms with E-state index < -0.39 is 0 Å². The van der Waals surface area contributed by atoms with Gasteiger partial charge in [-0.05, 0) is 175 Å². The Bertz CT molecular complexity index is 1070. The zero-order valence-corrected chi connectivity index (χ0v) is 29.3. The fraction of sp³-hybridized carbons (Fsp3) is 0.821. The molecule has 4 fully saturated rings. The summed E-state index contributed by atoms with van der Waals surface area (Å²) in [6, 6.07) is 9.95. The number of aliphatic hydroxyl groups excluding tert-OH is 1. The predicted octanol–water partition coefficient (Wildman–Crippen LogP) is 5.77. The Morgan fingerprint density at radius 1 is 0.891 bits per heavy atom. The van der Waals surface area contributed by atoms with Crippen molar-refractivity contribution in [3.8, 4) is 0 Å². The predicted molar refractivity (Wildman–Crippen MR) is 188 cm³/mol. The summed E-state index contributed by atoms with van der Waals surface area (Å²) in [5.41, 5.74) is 6.74. The van der Waals surface area contributed by atoms with Crippen LogP contribution in [0.25, 0.3) is 0 Å². The highest BCUT2D eigenvalue weighted by atomic mass is 16.5. The maximum Gasteiger partial charge on any atom is 0.338 e. The van der Waals surface area contributed by atoms with E-state index in [0.717, 1.165) is 52.1 Å². The van der Waals surface area contributed by atoms with Crippen LogP contribution in [0.5, 0.6) is 0 Å². The number of esters is 1. The number of fused-ring (bicyclic) bond motifs is 5. The van der Waals surface area contributed by atoms with Crippen molar-refractivity contribution in [1.29, 1.82) is 0 Å². The van der Waals surface area contributed by atoms with E-state index in [1.807, 2.05) is 30.3 Å². The Morgan fingerprint density at radius 2 is 1.57 bits per heavy atom. The highest BCUT2D eigenvalue weighted by Crippen LogP contribution is 2.68. The van der Waals surface area contributed by atoms with Gasteiger partial charge in [-0.25, -0.2) is 4.79 Å². The standard InChI is InChI=1S/C39H66N4O3/c1-28(27-46-37(45)29-11-5-4-6-12-29)32-13-14-33-36-34(16-18-39(32,33)3)38(2)17-15-31(25-30(38)26-35(36)44)43-24-10-23-42-21-8-7-20-41-22-9-19-40/h4-6,11-12,28,30-36,41-44H,7-10,13-27,40H2,1-3H3/t28-,30?,31+,32-,33?,34?,35?,36?,38+,39-/m1/s1. The molecule has 4 aliphatic rings. The van der Waals surface area contributed by atoms with Crippen molar-refractivity contribution in [3.05, 3.63) is 35.9 Å². The molecule has 46 heavy (non-hydrogen) atoms. The van der Waals surface area contributed by atoms with E-state index in [4.69, 9.17) is 10.5 Å². The second kappa shape index (κ2) is 16.7. The third-order valence-electron chi connectivity index (χ3n) is 13.4. The zero-order valence-electron chi connectivity index (χ0n) is 29.3. The summed E-state index contributed by atoms with van der Waals surface area (Å²) in [6.45, 7) is 14.0. The Balaban J connectivity index is 1.05. The number of benzene rings is 1. The van der Waals surface area contributed by atoms with E-state index in [2.05, 4.69) is 36.7 Å². The summed E-state index contributed by atoms with van der Waals surface area (Å²) in [6.07, 6.45) is 14.1. The molecule has 0 aliphatic heterocycles. The molecule has 0 amide bonds. The van der Waals surface area contributed by atoms with Crippen LogP contribution in [0.4, 0.5) is 0 Å². The fourth-order valence-corrected chi connectivity index (χ4v) is 10.9. The topological polar surface area (TPSA) is 109 Å². The van der Waals surface area contributed by atoms with Crippen LogP contribution in [0, 0.1) is 46.3 Å². The van der Waals surface area contributed by atoms with Gasteiger partial charge >= 0.3 is 5.97 Å². The van der Waals surface area contributed by atoms with Crippen LogP contribution in [-0.4, -0.2) is 69.1 Å². The molecular formula is C39H66N4O3. The van der Waals surface area contributed by atoms with Crippen molar-refractivity contribution < 1.29 is 14.6 Å². The molecule has 0 saturated heterocycles. The van der Waals surface area contributed by atoms with E-state index in [0.29, 0.717) is 59.1 Å². The minimum Gasteiger partial charge on any atom is -0.462 e. The first-order valence-electron chi connectivity index (χ1n) is 19.0. The molecule has 7 heteroatoms. The number of unbranched alkanes of at least 4 members (excludes halogenated alkanes) is 1. The lowest BCUT2D eigenvalue weighted by Gasteiger charge is -2.62. The lowest BCUT2D eigenvalue weighted by molar-refractivity contribution is -0.167. The molecule has 0 bridgehead atoms. The number of nitrogens with one attached hydrogen (secondary N) is 3. The van der Waals surface area contributed by atoms with Gasteiger partial charge in [-0.2, -0.15) is 0 Å². The molecule has 0 aromatic heterocycles. The number of carbonyl (C=O) groups is 1. The lowest BCUT2D eigenvalue weighted by Crippen LogP contribution is -2.59. The van der Waals surface area contributed by atoms with Gasteiger partial charge in [0, 0.05) is 6.04 Å². The van der Waals surface area contributed by atoms with Gasteiger partial charge in [0.2, 0.25) is 0 Å². The molecule has 1 aromatic rings. The molecule has 1 aromatic carbocycles. The Morgan fingerprint density at radius 3 is 2.30 bits per heavy atom. The minimum absolute atomic E-state index is 0.184. The molecule has 0 heterocycles. The Hall–Kier alpha value is -1.51. The summed E-state index contributed by atoms with van der Waals surface area (Å²) in [5.74, 6) is 2.89. The van der Waals surface area contributed by atoms with Gasteiger partial charge in [-0.3, -0.25) is 0 Å². The first-order valence-corrected chi connectivity index (χ1v) is 19.0. The van der Waals surface area contributed by atoms with Crippen LogP contribution >= 0.6 is 0 Å². The first kappa shape index (κ1) is 35.8. The van der Waals surface area contributed by atoms with Crippen molar-refractivity contribution in [2.45, 2.75) is 110 Å². The van der Waals surface area contributed by atoms with Crippen molar-refractivity contribution in [2.24, 2.45) is 52.1 Å². The quantitative estimate of drug-likeness (QED) is 0.109. The third kappa shape index (κ3) is 8.19. The van der Waals surface area contributed by atoms with Gasteiger partial charge in [-0.1, -0.05) is 39.0 Å². The monoisotopic (exact) mass is 639 g/mol. The highest BCUT2D eigenvalue weighted by Gasteiger charge is 2.63. The number of hydrogen-bond acceptors (Lipinski definition) is 7. The van der Waals surface area contributed by atoms with E-state index >= 15 is 0 Å². The largest absolute Gasteiger partial charge is 0.462 e. The third-order valence-corrected chi connectivity index (χ3v) is 13.4. The van der Waals surface area contributed by atoms with E-state index in [1.165, 1.54) is 64.2 Å². The van der Waals surface area contributed by atoms with Crippen LogP contribution in [0.2, 0.25) is 0 Å². The number of rotatable bonds is 17. The van der Waals surface area contributed by atoms with Gasteiger partial charge < -0.3 is 31.5 Å². The van der Waals surface area contributed by atoms with Gasteiger partial charge in [0.1, 0.15) is 0 Å². The first-order chi connectivity index (χ1) is 22.3. The smallest absolute Gasteiger partial charge is 0.338 e.